The molecule has 334 valence electrons. The van der Waals surface area contributed by atoms with Gasteiger partial charge in [0.2, 0.25) is 6.79 Å². The van der Waals surface area contributed by atoms with Crippen LogP contribution in [0.1, 0.15) is 114 Å². The molecule has 7 heterocycles. The largest absolute Gasteiger partial charge is 0.504 e. The van der Waals surface area contributed by atoms with Crippen LogP contribution >= 0.6 is 11.8 Å². The molecule has 1 spiro atoms. The number of phenols is 1. The Bertz CT molecular complexity index is 2420. The highest BCUT2D eigenvalue weighted by Gasteiger charge is 2.60. The molecule has 2 saturated heterocycles. The SMILES string of the molecule is CCCCCCCC(=O)Oc1cc2c(cc1OC)[C@@]1(CS[C@@H]3c4c(OC(C)=O)c(C)c5c(c4[C@@H](COC1=O)N1C3[C@H]3N[C@H](Cc4cc(C)c(OC)c(O)c43)[C@@H]1C#N)OCO5)NCC2. The highest BCUT2D eigenvalue weighted by molar-refractivity contribution is 7.99. The summed E-state index contributed by atoms with van der Waals surface area (Å²) in [4.78, 5) is 43.3. The van der Waals surface area contributed by atoms with Gasteiger partial charge in [-0.25, -0.2) is 4.79 Å². The molecule has 10 rings (SSSR count). The maximum absolute atomic E-state index is 15.0. The summed E-state index contributed by atoms with van der Waals surface area (Å²) in [6.07, 6.45) is 6.27. The van der Waals surface area contributed by atoms with Gasteiger partial charge in [0.1, 0.15) is 18.4 Å². The molecule has 4 bridgehead atoms. The number of esters is 3. The average molecular weight is 883 g/mol. The van der Waals surface area contributed by atoms with E-state index in [1.807, 2.05) is 19.9 Å². The first-order valence-corrected chi connectivity index (χ1v) is 22.9. The Morgan fingerprint density at radius 2 is 1.78 bits per heavy atom. The Balaban J connectivity index is 1.20. The Hall–Kier alpha value is -5.21. The van der Waals surface area contributed by atoms with Crippen molar-refractivity contribution in [3.63, 3.8) is 0 Å². The number of phenolic OH excluding ortho intramolecular Hbond substituents is 1. The molecule has 15 nitrogen and oxygen atoms in total. The van der Waals surface area contributed by atoms with Crippen molar-refractivity contribution in [1.29, 1.82) is 5.26 Å². The summed E-state index contributed by atoms with van der Waals surface area (Å²) in [7, 11) is 3.03. The van der Waals surface area contributed by atoms with Crippen LogP contribution < -0.4 is 39.1 Å². The van der Waals surface area contributed by atoms with Crippen molar-refractivity contribution in [2.24, 2.45) is 0 Å². The lowest BCUT2D eigenvalue weighted by atomic mass is 9.72. The van der Waals surface area contributed by atoms with Gasteiger partial charge in [-0.3, -0.25) is 19.8 Å². The van der Waals surface area contributed by atoms with E-state index in [1.165, 1.54) is 32.9 Å². The first kappa shape index (κ1) is 43.1. The number of thioether (sulfide) groups is 1. The maximum Gasteiger partial charge on any atom is 0.331 e. The van der Waals surface area contributed by atoms with E-state index >= 15 is 4.79 Å². The van der Waals surface area contributed by atoms with Crippen LogP contribution in [0.15, 0.2) is 18.2 Å². The Kier molecular flexibility index (Phi) is 11.7. The Labute approximate surface area is 371 Å². The number of aryl methyl sites for hydroxylation is 1. The zero-order valence-electron chi connectivity index (χ0n) is 36.5. The monoisotopic (exact) mass is 882 g/mol. The number of rotatable bonds is 10. The predicted octanol–water partition coefficient (Wildman–Crippen LogP) is 6.21. The molecule has 3 N–H and O–H groups in total. The van der Waals surface area contributed by atoms with Crippen molar-refractivity contribution >= 4 is 29.7 Å². The molecule has 7 aliphatic rings. The van der Waals surface area contributed by atoms with Crippen LogP contribution in [0.5, 0.6) is 40.2 Å². The van der Waals surface area contributed by atoms with Crippen LogP contribution in [0, 0.1) is 25.2 Å². The molecule has 0 radical (unpaired) electrons. The molecule has 0 aromatic heterocycles. The third-order valence-electron chi connectivity index (χ3n) is 13.6. The fourth-order valence-electron chi connectivity index (χ4n) is 10.9. The molecular weight excluding hydrogens is 829 g/mol. The summed E-state index contributed by atoms with van der Waals surface area (Å²) in [6, 6.07) is 5.22. The predicted molar refractivity (Wildman–Crippen MR) is 231 cm³/mol. The lowest BCUT2D eigenvalue weighted by Gasteiger charge is -2.59. The number of hydrogen-bond donors (Lipinski definition) is 3. The molecular formula is C47H54N4O11S. The van der Waals surface area contributed by atoms with Gasteiger partial charge < -0.3 is 43.6 Å². The average Bonchev–Trinajstić information content (AvgIpc) is 3.76. The third kappa shape index (κ3) is 7.02. The third-order valence-corrected chi connectivity index (χ3v) is 15.1. The van der Waals surface area contributed by atoms with E-state index < -0.39 is 46.9 Å². The number of fused-ring (bicyclic) bond motifs is 9. The van der Waals surface area contributed by atoms with Crippen LogP contribution in [-0.2, 0) is 37.5 Å². The number of unbranched alkanes of at least 4 members (excludes halogenated alkanes) is 4. The second-order valence-electron chi connectivity index (χ2n) is 17.3. The highest BCUT2D eigenvalue weighted by Crippen LogP contribution is 2.63. The number of nitriles is 1. The maximum atomic E-state index is 15.0. The number of methoxy groups -OCH3 is 2. The highest BCUT2D eigenvalue weighted by atomic mass is 32.2. The lowest BCUT2D eigenvalue weighted by molar-refractivity contribution is -0.155. The summed E-state index contributed by atoms with van der Waals surface area (Å²) in [5.41, 5.74) is 4.26. The van der Waals surface area contributed by atoms with Crippen LogP contribution in [0.3, 0.4) is 0 Å². The molecule has 1 unspecified atom stereocenters. The van der Waals surface area contributed by atoms with E-state index in [0.29, 0.717) is 81.7 Å². The lowest BCUT2D eigenvalue weighted by Crippen LogP contribution is -2.69. The topological polar surface area (TPSA) is 187 Å². The number of hydrogen-bond acceptors (Lipinski definition) is 16. The number of carbonyl (C=O) groups is 3. The summed E-state index contributed by atoms with van der Waals surface area (Å²) in [5, 5.41) is 29.9. The molecule has 3 aromatic rings. The summed E-state index contributed by atoms with van der Waals surface area (Å²) >= 11 is 1.47. The molecule has 0 aliphatic carbocycles. The minimum absolute atomic E-state index is 0.0185. The van der Waals surface area contributed by atoms with Crippen molar-refractivity contribution in [2.75, 3.05) is 39.9 Å². The summed E-state index contributed by atoms with van der Waals surface area (Å²) in [5.74, 6) is 0.901. The molecule has 0 saturated carbocycles. The van der Waals surface area contributed by atoms with Crippen molar-refractivity contribution < 1.29 is 52.6 Å². The van der Waals surface area contributed by atoms with E-state index in [0.717, 1.165) is 48.8 Å². The number of nitrogens with one attached hydrogen (secondary N) is 2. The van der Waals surface area contributed by atoms with Gasteiger partial charge >= 0.3 is 17.9 Å². The number of benzene rings is 3. The minimum Gasteiger partial charge on any atom is -0.504 e. The van der Waals surface area contributed by atoms with Crippen molar-refractivity contribution in [2.45, 2.75) is 120 Å². The zero-order valence-corrected chi connectivity index (χ0v) is 37.3. The van der Waals surface area contributed by atoms with Gasteiger partial charge in [-0.2, -0.15) is 5.26 Å². The number of carbonyl (C=O) groups excluding carboxylic acids is 3. The van der Waals surface area contributed by atoms with Crippen molar-refractivity contribution in [3.05, 3.63) is 62.7 Å². The Morgan fingerprint density at radius 3 is 2.52 bits per heavy atom. The van der Waals surface area contributed by atoms with Gasteiger partial charge in [-0.15, -0.1) is 11.8 Å². The van der Waals surface area contributed by atoms with Crippen LogP contribution in [-0.4, -0.2) is 86.0 Å². The number of piperazine rings is 1. The fourth-order valence-corrected chi connectivity index (χ4v) is 12.6. The van der Waals surface area contributed by atoms with E-state index in [2.05, 4.69) is 28.5 Å². The molecule has 0 amide bonds. The standard InChI is InChI=1S/C47H54N4O11S/c1-7-8-9-10-11-12-34(53)62-33-17-26-13-14-49-47(28(26)18-32(33)56-5)21-63-45-37-36(44-43(59-22-60-44)24(3)42(37)61-25(4)52)31(20-58-46(47)55)51-30(19-48)29-16-27-15-23(2)41(57-6)40(54)35(27)38(50-29)39(45)51/h15,17-18,29-31,38-39,45,49-50,54H,7-14,16,20-22H2,1-6H3/t29-,30+,31-,38+,39?,45-,47-/m1/s1. The number of nitrogens with zero attached hydrogens (tertiary/aromatic N) is 2. The van der Waals surface area contributed by atoms with Crippen LogP contribution in [0.2, 0.25) is 0 Å². The summed E-state index contributed by atoms with van der Waals surface area (Å²) < 4.78 is 42.5. The number of ether oxygens (including phenoxy) is 7. The molecule has 7 atom stereocenters. The zero-order chi connectivity index (χ0) is 44.3. The molecule has 7 aliphatic heterocycles. The van der Waals surface area contributed by atoms with E-state index in [4.69, 9.17) is 33.2 Å². The van der Waals surface area contributed by atoms with Crippen LogP contribution in [0.4, 0.5) is 0 Å². The van der Waals surface area contributed by atoms with E-state index in [-0.39, 0.29) is 43.3 Å². The molecule has 63 heavy (non-hydrogen) atoms. The van der Waals surface area contributed by atoms with Gasteiger partial charge in [0, 0.05) is 60.0 Å². The first-order valence-electron chi connectivity index (χ1n) is 21.9. The second kappa shape index (κ2) is 17.1. The smallest absolute Gasteiger partial charge is 0.331 e. The Morgan fingerprint density at radius 1 is 0.984 bits per heavy atom. The van der Waals surface area contributed by atoms with E-state index in [1.54, 1.807) is 12.1 Å². The van der Waals surface area contributed by atoms with Gasteiger partial charge in [0.25, 0.3) is 0 Å². The fraction of sp³-hybridized carbons (Fsp3) is 0.532. The van der Waals surface area contributed by atoms with Gasteiger partial charge in [0.05, 0.1) is 37.6 Å². The van der Waals surface area contributed by atoms with Gasteiger partial charge in [0.15, 0.2) is 40.0 Å². The van der Waals surface area contributed by atoms with Gasteiger partial charge in [-0.05, 0) is 67.5 Å². The van der Waals surface area contributed by atoms with Crippen molar-refractivity contribution in [3.8, 4) is 46.3 Å². The van der Waals surface area contributed by atoms with Crippen LogP contribution in [0.25, 0.3) is 0 Å². The molecule has 2 fully saturated rings. The normalized spacial score (nSPS) is 26.3. The molecule has 16 heteroatoms. The number of aromatic hydroxyl groups is 1. The van der Waals surface area contributed by atoms with Crippen molar-refractivity contribution in [1.82, 2.24) is 15.5 Å². The van der Waals surface area contributed by atoms with Gasteiger partial charge in [-0.1, -0.05) is 38.7 Å². The summed E-state index contributed by atoms with van der Waals surface area (Å²) in [6.45, 7) is 7.36. The second-order valence-corrected chi connectivity index (χ2v) is 18.4. The molecule has 3 aromatic carbocycles. The van der Waals surface area contributed by atoms with E-state index in [9.17, 15) is 20.0 Å². The first-order chi connectivity index (χ1) is 30.5. The minimum atomic E-state index is -1.41. The quantitative estimate of drug-likeness (QED) is 0.119.